The molecule has 1 saturated heterocycles. The predicted octanol–water partition coefficient (Wildman–Crippen LogP) is 3.71. The third kappa shape index (κ3) is 2.58. The van der Waals surface area contributed by atoms with Gasteiger partial charge in [0.05, 0.1) is 18.1 Å². The summed E-state index contributed by atoms with van der Waals surface area (Å²) in [5.41, 5.74) is 3.94. The van der Waals surface area contributed by atoms with Gasteiger partial charge < -0.3 is 14.6 Å². The number of hydrogen-bond donors (Lipinski definition) is 1. The van der Waals surface area contributed by atoms with Gasteiger partial charge in [-0.05, 0) is 30.4 Å². The largest absolute Gasteiger partial charge is 0.373 e. The number of rotatable bonds is 5. The van der Waals surface area contributed by atoms with E-state index >= 15 is 0 Å². The molecule has 1 spiro atoms. The van der Waals surface area contributed by atoms with Crippen LogP contribution in [-0.4, -0.2) is 34.1 Å². The van der Waals surface area contributed by atoms with Gasteiger partial charge in [-0.15, -0.1) is 0 Å². The fourth-order valence-electron chi connectivity index (χ4n) is 4.51. The number of ether oxygens (including phenoxy) is 1. The molecule has 0 amide bonds. The van der Waals surface area contributed by atoms with E-state index in [1.807, 2.05) is 6.07 Å². The maximum absolute atomic E-state index is 6.08. The van der Waals surface area contributed by atoms with Crippen LogP contribution in [0.2, 0.25) is 0 Å². The third-order valence-electron chi connectivity index (χ3n) is 5.91. The molecule has 1 aliphatic heterocycles. The molecule has 2 fully saturated rings. The van der Waals surface area contributed by atoms with Crippen molar-refractivity contribution < 1.29 is 4.74 Å². The molecule has 2 aromatic heterocycles. The van der Waals surface area contributed by atoms with E-state index in [9.17, 15) is 0 Å². The van der Waals surface area contributed by atoms with Gasteiger partial charge in [-0.3, -0.25) is 0 Å². The van der Waals surface area contributed by atoms with Gasteiger partial charge >= 0.3 is 0 Å². The zero-order chi connectivity index (χ0) is 17.6. The van der Waals surface area contributed by atoms with E-state index < -0.39 is 0 Å². The fraction of sp³-hybridized carbons (Fsp3) is 0.429. The van der Waals surface area contributed by atoms with E-state index in [0.717, 1.165) is 37.6 Å². The Kier molecular flexibility index (Phi) is 3.71. The van der Waals surface area contributed by atoms with E-state index in [-0.39, 0.29) is 0 Å². The Morgan fingerprint density at radius 2 is 2.00 bits per heavy atom. The second-order valence-electron chi connectivity index (χ2n) is 7.77. The first-order valence-corrected chi connectivity index (χ1v) is 9.48. The summed E-state index contributed by atoms with van der Waals surface area (Å²) < 4.78 is 6.08. The molecule has 5 nitrogen and oxygen atoms in total. The molecule has 1 aliphatic carbocycles. The summed E-state index contributed by atoms with van der Waals surface area (Å²) in [6.45, 7) is 5.07. The molecule has 3 heterocycles. The van der Waals surface area contributed by atoms with Crippen molar-refractivity contribution in [2.24, 2.45) is 5.41 Å². The van der Waals surface area contributed by atoms with Gasteiger partial charge in [0.2, 0.25) is 0 Å². The Balaban J connectivity index is 1.21. The lowest BCUT2D eigenvalue weighted by Gasteiger charge is -2.59. The lowest BCUT2D eigenvalue weighted by molar-refractivity contribution is -0.0997. The number of nitrogens with one attached hydrogen (secondary N) is 1. The Hall–Kier alpha value is -2.40. The molecular formula is C21H24N4O. The van der Waals surface area contributed by atoms with E-state index in [1.165, 1.54) is 29.4 Å². The first-order chi connectivity index (χ1) is 12.8. The van der Waals surface area contributed by atoms with Gasteiger partial charge in [-0.1, -0.05) is 37.3 Å². The van der Waals surface area contributed by atoms with Crippen LogP contribution in [0, 0.1) is 5.41 Å². The molecule has 2 aliphatic rings. The van der Waals surface area contributed by atoms with Crippen molar-refractivity contribution in [1.29, 1.82) is 0 Å². The Morgan fingerprint density at radius 3 is 2.77 bits per heavy atom. The van der Waals surface area contributed by atoms with Gasteiger partial charge in [0, 0.05) is 24.7 Å². The maximum Gasteiger partial charge on any atom is 0.143 e. The molecule has 1 aromatic carbocycles. The van der Waals surface area contributed by atoms with Crippen molar-refractivity contribution in [2.45, 2.75) is 38.9 Å². The number of anilines is 1. The Morgan fingerprint density at radius 1 is 1.19 bits per heavy atom. The summed E-state index contributed by atoms with van der Waals surface area (Å²) in [5.74, 6) is 1.09. The van der Waals surface area contributed by atoms with Crippen LogP contribution >= 0.6 is 0 Å². The number of hydrogen-bond acceptors (Lipinski definition) is 4. The minimum Gasteiger partial charge on any atom is -0.373 e. The molecular weight excluding hydrogens is 324 g/mol. The van der Waals surface area contributed by atoms with Crippen LogP contribution in [0.25, 0.3) is 11.0 Å². The quantitative estimate of drug-likeness (QED) is 0.764. The maximum atomic E-state index is 6.08. The highest BCUT2D eigenvalue weighted by atomic mass is 16.5. The molecule has 0 bridgehead atoms. The van der Waals surface area contributed by atoms with Crippen molar-refractivity contribution in [3.05, 3.63) is 54.0 Å². The average molecular weight is 348 g/mol. The van der Waals surface area contributed by atoms with Crippen LogP contribution in [0.1, 0.15) is 30.9 Å². The summed E-state index contributed by atoms with van der Waals surface area (Å²) in [6.07, 6.45) is 7.47. The molecule has 0 atom stereocenters. The van der Waals surface area contributed by atoms with E-state index in [1.54, 1.807) is 6.33 Å². The number of fused-ring (bicyclic) bond motifs is 1. The second kappa shape index (κ2) is 6.09. The zero-order valence-corrected chi connectivity index (χ0v) is 15.1. The molecule has 1 N–H and O–H groups in total. The Labute approximate surface area is 153 Å². The fourth-order valence-corrected chi connectivity index (χ4v) is 4.51. The van der Waals surface area contributed by atoms with Crippen LogP contribution < -0.4 is 4.90 Å². The van der Waals surface area contributed by atoms with Crippen molar-refractivity contribution in [3.8, 4) is 0 Å². The lowest BCUT2D eigenvalue weighted by atomic mass is 9.61. The smallest absolute Gasteiger partial charge is 0.143 e. The Bertz CT molecular complexity index is 906. The summed E-state index contributed by atoms with van der Waals surface area (Å²) in [6, 6.07) is 10.4. The first-order valence-electron chi connectivity index (χ1n) is 9.48. The highest BCUT2D eigenvalue weighted by molar-refractivity contribution is 5.91. The van der Waals surface area contributed by atoms with Gasteiger partial charge in [-0.2, -0.15) is 0 Å². The number of nitrogens with zero attached hydrogens (tertiary/aromatic N) is 3. The zero-order valence-electron chi connectivity index (χ0n) is 15.1. The van der Waals surface area contributed by atoms with Crippen molar-refractivity contribution in [2.75, 3.05) is 18.0 Å². The van der Waals surface area contributed by atoms with Crippen molar-refractivity contribution >= 4 is 16.9 Å². The normalized spacial score (nSPS) is 18.9. The van der Waals surface area contributed by atoms with Crippen molar-refractivity contribution in [1.82, 2.24) is 15.0 Å². The number of benzene rings is 1. The van der Waals surface area contributed by atoms with Gasteiger partial charge in [-0.25, -0.2) is 9.97 Å². The van der Waals surface area contributed by atoms with Gasteiger partial charge in [0.15, 0.2) is 0 Å². The highest BCUT2D eigenvalue weighted by Crippen LogP contribution is 2.51. The summed E-state index contributed by atoms with van der Waals surface area (Å²) >= 11 is 0. The molecule has 26 heavy (non-hydrogen) atoms. The monoisotopic (exact) mass is 348 g/mol. The molecule has 5 heteroatoms. The molecule has 0 unspecified atom stereocenters. The minimum atomic E-state index is 0.404. The SMILES string of the molecule is CCc1c[nH]c2ncnc(N3CC4(CC(OCc5ccccc5)C4)C3)c12. The molecule has 0 radical (unpaired) electrons. The molecule has 134 valence electrons. The molecule has 5 rings (SSSR count). The van der Waals surface area contributed by atoms with Crippen LogP contribution in [0.15, 0.2) is 42.9 Å². The van der Waals surface area contributed by atoms with Gasteiger partial charge in [0.25, 0.3) is 0 Å². The number of aromatic nitrogens is 3. The van der Waals surface area contributed by atoms with Gasteiger partial charge in [0.1, 0.15) is 17.8 Å². The first kappa shape index (κ1) is 15.8. The lowest BCUT2D eigenvalue weighted by Crippen LogP contribution is -2.64. The standard InChI is InChI=1S/C21H24N4O/c1-2-16-10-22-19-18(16)20(24-14-23-19)25-12-21(13-25)8-17(9-21)26-11-15-6-4-3-5-7-15/h3-7,10,14,17H,2,8-9,11-13H2,1H3,(H,22,23,24). The van der Waals surface area contributed by atoms with E-state index in [4.69, 9.17) is 4.74 Å². The van der Waals surface area contributed by atoms with E-state index in [0.29, 0.717) is 11.5 Å². The average Bonchev–Trinajstić information content (AvgIpc) is 3.03. The summed E-state index contributed by atoms with van der Waals surface area (Å²) in [5, 5.41) is 1.20. The van der Waals surface area contributed by atoms with Crippen LogP contribution in [0.4, 0.5) is 5.82 Å². The summed E-state index contributed by atoms with van der Waals surface area (Å²) in [4.78, 5) is 14.6. The molecule has 1 saturated carbocycles. The number of aromatic amines is 1. The highest BCUT2D eigenvalue weighted by Gasteiger charge is 2.53. The number of H-pyrrole nitrogens is 1. The number of aryl methyl sites for hydroxylation is 1. The molecule has 3 aromatic rings. The van der Waals surface area contributed by atoms with Crippen LogP contribution in [-0.2, 0) is 17.8 Å². The van der Waals surface area contributed by atoms with E-state index in [2.05, 4.69) is 57.2 Å². The van der Waals surface area contributed by atoms with Crippen molar-refractivity contribution in [3.63, 3.8) is 0 Å². The minimum absolute atomic E-state index is 0.404. The van der Waals surface area contributed by atoms with Crippen LogP contribution in [0.3, 0.4) is 0 Å². The summed E-state index contributed by atoms with van der Waals surface area (Å²) in [7, 11) is 0. The topological polar surface area (TPSA) is 54.0 Å². The van der Waals surface area contributed by atoms with Crippen LogP contribution in [0.5, 0.6) is 0 Å². The third-order valence-corrected chi connectivity index (χ3v) is 5.91. The second-order valence-corrected chi connectivity index (χ2v) is 7.77. The predicted molar refractivity (Wildman–Crippen MR) is 102 cm³/mol.